The summed E-state index contributed by atoms with van der Waals surface area (Å²) in [4.78, 5) is 19.9. The molecule has 0 radical (unpaired) electrons. The standard InChI is InChI=1S/C12H8Cl2N2O2/c1-18-11-5-10(15-6-16-11)12(17)8-3-2-7(13)4-9(8)14/h2-6H,1H3. The molecule has 6 heteroatoms. The van der Waals surface area contributed by atoms with E-state index in [4.69, 9.17) is 27.9 Å². The van der Waals surface area contributed by atoms with Crippen molar-refractivity contribution < 1.29 is 9.53 Å². The van der Waals surface area contributed by atoms with Crippen LogP contribution in [0.3, 0.4) is 0 Å². The highest BCUT2D eigenvalue weighted by Gasteiger charge is 2.15. The lowest BCUT2D eigenvalue weighted by Gasteiger charge is -2.04. The Kier molecular flexibility index (Phi) is 3.79. The third-order valence-corrected chi connectivity index (χ3v) is 2.81. The second-order valence-electron chi connectivity index (χ2n) is 3.40. The fourth-order valence-electron chi connectivity index (χ4n) is 1.39. The Balaban J connectivity index is 2.41. The van der Waals surface area contributed by atoms with E-state index in [0.29, 0.717) is 16.5 Å². The Morgan fingerprint density at radius 3 is 2.67 bits per heavy atom. The van der Waals surface area contributed by atoms with Gasteiger partial charge in [-0.2, -0.15) is 0 Å². The van der Waals surface area contributed by atoms with E-state index in [1.807, 2.05) is 0 Å². The summed E-state index contributed by atoms with van der Waals surface area (Å²) in [5.41, 5.74) is 0.549. The van der Waals surface area contributed by atoms with Gasteiger partial charge in [0.15, 0.2) is 0 Å². The molecule has 1 aromatic carbocycles. The number of methoxy groups -OCH3 is 1. The van der Waals surface area contributed by atoms with E-state index in [2.05, 4.69) is 9.97 Å². The number of aromatic nitrogens is 2. The van der Waals surface area contributed by atoms with Gasteiger partial charge in [-0.05, 0) is 18.2 Å². The Morgan fingerprint density at radius 1 is 1.22 bits per heavy atom. The van der Waals surface area contributed by atoms with Crippen LogP contribution in [0.4, 0.5) is 0 Å². The first kappa shape index (κ1) is 12.8. The number of hydrogen-bond donors (Lipinski definition) is 0. The molecule has 0 aliphatic rings. The highest BCUT2D eigenvalue weighted by molar-refractivity contribution is 6.37. The van der Waals surface area contributed by atoms with Gasteiger partial charge in [-0.15, -0.1) is 0 Å². The highest BCUT2D eigenvalue weighted by atomic mass is 35.5. The van der Waals surface area contributed by atoms with Gasteiger partial charge in [0.05, 0.1) is 12.1 Å². The van der Waals surface area contributed by atoms with Gasteiger partial charge < -0.3 is 4.74 Å². The number of halogens is 2. The average molecular weight is 283 g/mol. The number of benzene rings is 1. The lowest BCUT2D eigenvalue weighted by Crippen LogP contribution is -2.05. The molecule has 0 saturated heterocycles. The summed E-state index contributed by atoms with van der Waals surface area (Å²) in [5.74, 6) is 0.0100. The topological polar surface area (TPSA) is 52.1 Å². The van der Waals surface area contributed by atoms with Crippen molar-refractivity contribution in [1.29, 1.82) is 0 Å². The van der Waals surface area contributed by atoms with Crippen molar-refractivity contribution in [3.8, 4) is 5.88 Å². The van der Waals surface area contributed by atoms with E-state index >= 15 is 0 Å². The Labute approximate surface area is 114 Å². The monoisotopic (exact) mass is 282 g/mol. The molecule has 1 aromatic heterocycles. The van der Waals surface area contributed by atoms with Crippen molar-refractivity contribution in [2.75, 3.05) is 7.11 Å². The normalized spacial score (nSPS) is 10.2. The molecule has 92 valence electrons. The van der Waals surface area contributed by atoms with E-state index in [1.165, 1.54) is 25.6 Å². The van der Waals surface area contributed by atoms with Gasteiger partial charge in [0.1, 0.15) is 12.0 Å². The summed E-state index contributed by atoms with van der Waals surface area (Å²) in [5, 5.41) is 0.752. The quantitative estimate of drug-likeness (QED) is 0.812. The molecule has 0 aliphatic heterocycles. The first-order valence-electron chi connectivity index (χ1n) is 4.97. The molecule has 2 aromatic rings. The van der Waals surface area contributed by atoms with Crippen LogP contribution >= 0.6 is 23.2 Å². The average Bonchev–Trinajstić information content (AvgIpc) is 2.38. The third-order valence-electron chi connectivity index (χ3n) is 2.26. The maximum absolute atomic E-state index is 12.2. The van der Waals surface area contributed by atoms with Crippen LogP contribution in [0.5, 0.6) is 5.88 Å². The number of rotatable bonds is 3. The molecule has 18 heavy (non-hydrogen) atoms. The molecule has 4 nitrogen and oxygen atoms in total. The van der Waals surface area contributed by atoms with Gasteiger partial charge in [0, 0.05) is 16.7 Å². The van der Waals surface area contributed by atoms with Crippen LogP contribution in [0.25, 0.3) is 0 Å². The zero-order valence-corrected chi connectivity index (χ0v) is 10.9. The maximum atomic E-state index is 12.2. The summed E-state index contributed by atoms with van der Waals surface area (Å²) in [7, 11) is 1.46. The second kappa shape index (κ2) is 5.33. The van der Waals surface area contributed by atoms with Gasteiger partial charge in [-0.1, -0.05) is 23.2 Å². The fraction of sp³-hybridized carbons (Fsp3) is 0.0833. The highest BCUT2D eigenvalue weighted by Crippen LogP contribution is 2.23. The predicted octanol–water partition coefficient (Wildman–Crippen LogP) is 3.02. The van der Waals surface area contributed by atoms with Crippen molar-refractivity contribution in [1.82, 2.24) is 9.97 Å². The molecule has 0 spiro atoms. The summed E-state index contributed by atoms with van der Waals surface area (Å²) >= 11 is 11.7. The molecule has 0 atom stereocenters. The minimum absolute atomic E-state index is 0.214. The lowest BCUT2D eigenvalue weighted by atomic mass is 10.1. The minimum Gasteiger partial charge on any atom is -0.481 e. The van der Waals surface area contributed by atoms with Crippen molar-refractivity contribution in [2.45, 2.75) is 0 Å². The molecule has 0 saturated carbocycles. The zero-order chi connectivity index (χ0) is 13.1. The van der Waals surface area contributed by atoms with Crippen LogP contribution in [0.1, 0.15) is 16.1 Å². The Bertz CT molecular complexity index is 602. The summed E-state index contributed by atoms with van der Waals surface area (Å²) in [6.45, 7) is 0. The minimum atomic E-state index is -0.308. The third kappa shape index (κ3) is 2.60. The SMILES string of the molecule is COc1cc(C(=O)c2ccc(Cl)cc2Cl)ncn1. The molecule has 2 rings (SSSR count). The molecule has 0 aliphatic carbocycles. The van der Waals surface area contributed by atoms with Crippen LogP contribution in [-0.4, -0.2) is 22.9 Å². The lowest BCUT2D eigenvalue weighted by molar-refractivity contribution is 0.103. The second-order valence-corrected chi connectivity index (χ2v) is 4.24. The van der Waals surface area contributed by atoms with Crippen molar-refractivity contribution >= 4 is 29.0 Å². The van der Waals surface area contributed by atoms with Crippen LogP contribution in [0, 0.1) is 0 Å². The van der Waals surface area contributed by atoms with E-state index in [-0.39, 0.29) is 16.5 Å². The first-order chi connectivity index (χ1) is 8.61. The Hall–Kier alpha value is -1.65. The van der Waals surface area contributed by atoms with Gasteiger partial charge in [-0.25, -0.2) is 9.97 Å². The fourth-order valence-corrected chi connectivity index (χ4v) is 1.88. The number of nitrogens with zero attached hydrogens (tertiary/aromatic N) is 2. The number of carbonyl (C=O) groups excluding carboxylic acids is 1. The number of hydrogen-bond acceptors (Lipinski definition) is 4. The predicted molar refractivity (Wildman–Crippen MR) is 68.5 cm³/mol. The van der Waals surface area contributed by atoms with E-state index in [9.17, 15) is 4.79 Å². The number of ether oxygens (including phenoxy) is 1. The van der Waals surface area contributed by atoms with Gasteiger partial charge >= 0.3 is 0 Å². The molecule has 1 heterocycles. The van der Waals surface area contributed by atoms with Crippen LogP contribution in [0.15, 0.2) is 30.6 Å². The van der Waals surface area contributed by atoms with Crippen LogP contribution in [0.2, 0.25) is 10.0 Å². The zero-order valence-electron chi connectivity index (χ0n) is 9.35. The Morgan fingerprint density at radius 2 is 2.00 bits per heavy atom. The van der Waals surface area contributed by atoms with Crippen LogP contribution in [-0.2, 0) is 0 Å². The largest absolute Gasteiger partial charge is 0.481 e. The summed E-state index contributed by atoms with van der Waals surface area (Å²) in [6.07, 6.45) is 1.26. The number of carbonyl (C=O) groups is 1. The van der Waals surface area contributed by atoms with Gasteiger partial charge in [-0.3, -0.25) is 4.79 Å². The summed E-state index contributed by atoms with van der Waals surface area (Å²) in [6, 6.07) is 6.11. The maximum Gasteiger partial charge on any atom is 0.216 e. The summed E-state index contributed by atoms with van der Waals surface area (Å²) < 4.78 is 4.93. The molecule has 0 amide bonds. The van der Waals surface area contributed by atoms with Crippen molar-refractivity contribution in [3.63, 3.8) is 0 Å². The van der Waals surface area contributed by atoms with Crippen LogP contribution < -0.4 is 4.74 Å². The molecule has 0 unspecified atom stereocenters. The molecule has 0 fully saturated rings. The smallest absolute Gasteiger partial charge is 0.216 e. The van der Waals surface area contributed by atoms with Crippen molar-refractivity contribution in [3.05, 3.63) is 51.9 Å². The molecule has 0 bridgehead atoms. The van der Waals surface area contributed by atoms with Crippen molar-refractivity contribution in [2.24, 2.45) is 0 Å². The van der Waals surface area contributed by atoms with Gasteiger partial charge in [0.2, 0.25) is 11.7 Å². The van der Waals surface area contributed by atoms with Gasteiger partial charge in [0.25, 0.3) is 0 Å². The molecule has 0 N–H and O–H groups in total. The van der Waals surface area contributed by atoms with E-state index in [0.717, 1.165) is 0 Å². The molecular weight excluding hydrogens is 275 g/mol. The number of ketones is 1. The first-order valence-corrected chi connectivity index (χ1v) is 5.73. The van der Waals surface area contributed by atoms with E-state index in [1.54, 1.807) is 12.1 Å². The molecular formula is C12H8Cl2N2O2. The van der Waals surface area contributed by atoms with E-state index < -0.39 is 0 Å².